The highest BCUT2D eigenvalue weighted by Crippen LogP contribution is 2.41. The summed E-state index contributed by atoms with van der Waals surface area (Å²) in [5, 5.41) is 3.01. The van der Waals surface area contributed by atoms with Crippen LogP contribution in [0.2, 0.25) is 0 Å². The van der Waals surface area contributed by atoms with Crippen molar-refractivity contribution in [2.24, 2.45) is 0 Å². The lowest BCUT2D eigenvalue weighted by Crippen LogP contribution is -2.53. The molecule has 1 fully saturated rings. The number of amides is 1. The van der Waals surface area contributed by atoms with Gasteiger partial charge in [-0.3, -0.25) is 9.69 Å². The lowest BCUT2D eigenvalue weighted by molar-refractivity contribution is -0.139. The Balaban J connectivity index is 1.88. The zero-order valence-electron chi connectivity index (χ0n) is 12.6. The lowest BCUT2D eigenvalue weighted by atomic mass is 9.72. The van der Waals surface area contributed by atoms with Crippen molar-refractivity contribution in [2.45, 2.75) is 37.4 Å². The van der Waals surface area contributed by atoms with Crippen molar-refractivity contribution in [3.63, 3.8) is 0 Å². The first kappa shape index (κ1) is 16.8. The summed E-state index contributed by atoms with van der Waals surface area (Å²) in [5.41, 5.74) is 0.719. The van der Waals surface area contributed by atoms with Crippen LogP contribution in [0.15, 0.2) is 30.3 Å². The summed E-state index contributed by atoms with van der Waals surface area (Å²) < 4.78 is 36.5. The van der Waals surface area contributed by atoms with Crippen LogP contribution < -0.4 is 5.32 Å². The molecule has 0 aliphatic heterocycles. The van der Waals surface area contributed by atoms with Crippen molar-refractivity contribution in [3.8, 4) is 0 Å². The minimum atomic E-state index is -4.19. The zero-order valence-corrected chi connectivity index (χ0v) is 12.6. The van der Waals surface area contributed by atoms with Crippen molar-refractivity contribution in [3.05, 3.63) is 35.9 Å². The molecule has 0 unspecified atom stereocenters. The lowest BCUT2D eigenvalue weighted by Gasteiger charge is -2.43. The van der Waals surface area contributed by atoms with E-state index in [-0.39, 0.29) is 24.5 Å². The Labute approximate surface area is 128 Å². The third-order valence-corrected chi connectivity index (χ3v) is 4.10. The minimum absolute atomic E-state index is 0.0232. The fraction of sp³-hybridized carbons (Fsp3) is 0.562. The molecule has 1 N–H and O–H groups in total. The average Bonchev–Trinajstić information content (AvgIpc) is 2.41. The monoisotopic (exact) mass is 314 g/mol. The van der Waals surface area contributed by atoms with E-state index in [1.54, 1.807) is 0 Å². The third kappa shape index (κ3) is 4.47. The van der Waals surface area contributed by atoms with Crippen LogP contribution in [-0.2, 0) is 10.3 Å². The molecule has 1 saturated carbocycles. The van der Waals surface area contributed by atoms with E-state index >= 15 is 0 Å². The molecule has 0 bridgehead atoms. The Morgan fingerprint density at radius 2 is 1.91 bits per heavy atom. The molecule has 1 aliphatic rings. The summed E-state index contributed by atoms with van der Waals surface area (Å²) in [6.07, 6.45) is -2.31. The van der Waals surface area contributed by atoms with Gasteiger partial charge in [0.25, 0.3) is 0 Å². The fourth-order valence-electron chi connectivity index (χ4n) is 2.72. The molecule has 1 aromatic rings. The van der Waals surface area contributed by atoms with Crippen LogP contribution in [0.25, 0.3) is 0 Å². The van der Waals surface area contributed by atoms with Gasteiger partial charge >= 0.3 is 6.18 Å². The zero-order chi connectivity index (χ0) is 16.2. The summed E-state index contributed by atoms with van der Waals surface area (Å²) in [7, 11) is 1.53. The number of nitrogens with one attached hydrogen (secondary N) is 1. The number of hydrogen-bond acceptors (Lipinski definition) is 2. The van der Waals surface area contributed by atoms with Crippen LogP contribution in [0.3, 0.4) is 0 Å². The molecule has 122 valence electrons. The molecule has 6 heteroatoms. The first-order valence-corrected chi connectivity index (χ1v) is 7.43. The molecule has 0 spiro atoms. The number of rotatable bonds is 6. The van der Waals surface area contributed by atoms with Gasteiger partial charge in [0.1, 0.15) is 0 Å². The van der Waals surface area contributed by atoms with Crippen LogP contribution in [0.1, 0.15) is 31.2 Å². The maximum absolute atomic E-state index is 12.2. The van der Waals surface area contributed by atoms with E-state index in [4.69, 9.17) is 0 Å². The van der Waals surface area contributed by atoms with E-state index in [2.05, 4.69) is 5.32 Å². The van der Waals surface area contributed by atoms with Crippen LogP contribution in [0, 0.1) is 0 Å². The summed E-state index contributed by atoms with van der Waals surface area (Å²) in [6.45, 7) is -0.195. The van der Waals surface area contributed by atoms with Crippen LogP contribution in [0.4, 0.5) is 13.2 Å². The number of nitrogens with zero attached hydrogens (tertiary/aromatic N) is 1. The van der Waals surface area contributed by atoms with E-state index in [0.29, 0.717) is 0 Å². The van der Waals surface area contributed by atoms with Crippen molar-refractivity contribution in [2.75, 3.05) is 20.1 Å². The Morgan fingerprint density at radius 1 is 1.27 bits per heavy atom. The summed E-state index contributed by atoms with van der Waals surface area (Å²) >= 11 is 0. The number of hydrogen-bond donors (Lipinski definition) is 1. The molecule has 0 heterocycles. The van der Waals surface area contributed by atoms with Gasteiger partial charge < -0.3 is 5.32 Å². The van der Waals surface area contributed by atoms with Crippen LogP contribution >= 0.6 is 0 Å². The van der Waals surface area contributed by atoms with Crippen molar-refractivity contribution in [1.82, 2.24) is 10.2 Å². The molecule has 3 nitrogen and oxygen atoms in total. The van der Waals surface area contributed by atoms with Crippen LogP contribution in [0.5, 0.6) is 0 Å². The highest BCUT2D eigenvalue weighted by molar-refractivity contribution is 5.79. The van der Waals surface area contributed by atoms with E-state index in [1.807, 2.05) is 30.3 Å². The van der Waals surface area contributed by atoms with E-state index in [9.17, 15) is 18.0 Å². The molecule has 0 atom stereocenters. The van der Waals surface area contributed by atoms with E-state index in [0.717, 1.165) is 24.8 Å². The predicted molar refractivity (Wildman–Crippen MR) is 78.3 cm³/mol. The van der Waals surface area contributed by atoms with Gasteiger partial charge in [0, 0.05) is 6.54 Å². The first-order valence-electron chi connectivity index (χ1n) is 7.43. The van der Waals surface area contributed by atoms with Crippen LogP contribution in [-0.4, -0.2) is 37.1 Å². The topological polar surface area (TPSA) is 32.3 Å². The predicted octanol–water partition coefficient (Wildman–Crippen LogP) is 3.07. The number of carbonyl (C=O) groups excluding carboxylic acids is 1. The average molecular weight is 314 g/mol. The molecule has 0 saturated heterocycles. The maximum atomic E-state index is 12.2. The van der Waals surface area contributed by atoms with E-state index < -0.39 is 12.6 Å². The molecule has 1 aliphatic carbocycles. The number of benzene rings is 1. The Hall–Kier alpha value is -1.56. The van der Waals surface area contributed by atoms with Gasteiger partial charge in [0.15, 0.2) is 0 Å². The van der Waals surface area contributed by atoms with Crippen molar-refractivity contribution in [1.29, 1.82) is 0 Å². The van der Waals surface area contributed by atoms with E-state index in [1.165, 1.54) is 11.9 Å². The minimum Gasteiger partial charge on any atom is -0.345 e. The van der Waals surface area contributed by atoms with Gasteiger partial charge in [-0.15, -0.1) is 0 Å². The van der Waals surface area contributed by atoms with Gasteiger partial charge in [0.2, 0.25) is 5.91 Å². The Kier molecular flexibility index (Phi) is 5.11. The number of alkyl halides is 3. The van der Waals surface area contributed by atoms with Gasteiger partial charge in [-0.05, 0) is 31.9 Å². The smallest absolute Gasteiger partial charge is 0.345 e. The Morgan fingerprint density at radius 3 is 2.41 bits per heavy atom. The highest BCUT2D eigenvalue weighted by Gasteiger charge is 2.39. The number of likely N-dealkylation sites (N-methyl/N-ethyl adjacent to an activating group) is 1. The Bertz CT molecular complexity index is 498. The quantitative estimate of drug-likeness (QED) is 0.875. The maximum Gasteiger partial charge on any atom is 0.390 e. The highest BCUT2D eigenvalue weighted by atomic mass is 19.4. The molecule has 1 aromatic carbocycles. The van der Waals surface area contributed by atoms with Crippen molar-refractivity contribution < 1.29 is 18.0 Å². The van der Waals surface area contributed by atoms with Gasteiger partial charge in [-0.25, -0.2) is 0 Å². The van der Waals surface area contributed by atoms with Gasteiger partial charge in [-0.1, -0.05) is 30.3 Å². The molecular weight excluding hydrogens is 293 g/mol. The largest absolute Gasteiger partial charge is 0.390 e. The molecule has 2 rings (SSSR count). The molecule has 0 radical (unpaired) electrons. The standard InChI is InChI=1S/C16H21F3N2O/c1-21(11-10-16(17,18)19)12-14(22)20-15(8-5-9-15)13-6-3-2-4-7-13/h2-4,6-7H,5,8-12H2,1H3,(H,20,22). The second-order valence-electron chi connectivity index (χ2n) is 5.95. The first-order chi connectivity index (χ1) is 10.3. The van der Waals surface area contributed by atoms with Crippen molar-refractivity contribution >= 4 is 5.91 Å². The number of carbonyl (C=O) groups is 1. The normalized spacial score (nSPS) is 17.1. The number of halogens is 3. The summed E-state index contributed by atoms with van der Waals surface area (Å²) in [6, 6.07) is 9.73. The SMILES string of the molecule is CN(CCC(F)(F)F)CC(=O)NC1(c2ccccc2)CCC1. The molecule has 1 amide bonds. The fourth-order valence-corrected chi connectivity index (χ4v) is 2.72. The summed E-state index contributed by atoms with van der Waals surface area (Å²) in [5.74, 6) is -0.228. The molecule has 22 heavy (non-hydrogen) atoms. The third-order valence-electron chi connectivity index (χ3n) is 4.10. The second-order valence-corrected chi connectivity index (χ2v) is 5.95. The molecule has 0 aromatic heterocycles. The van der Waals surface area contributed by atoms with Gasteiger partial charge in [0.05, 0.1) is 18.5 Å². The molecular formula is C16H21F3N2O. The summed E-state index contributed by atoms with van der Waals surface area (Å²) in [4.78, 5) is 13.5. The van der Waals surface area contributed by atoms with Gasteiger partial charge in [-0.2, -0.15) is 13.2 Å². The second kappa shape index (κ2) is 6.69.